The Bertz CT molecular complexity index is 561. The summed E-state index contributed by atoms with van der Waals surface area (Å²) in [5.74, 6) is 0.614. The van der Waals surface area contributed by atoms with Gasteiger partial charge in [-0.15, -0.1) is 0 Å². The summed E-state index contributed by atoms with van der Waals surface area (Å²) in [4.78, 5) is 18.8. The van der Waals surface area contributed by atoms with Crippen LogP contribution in [0.25, 0.3) is 11.4 Å². The fourth-order valence-electron chi connectivity index (χ4n) is 1.64. The van der Waals surface area contributed by atoms with Crippen LogP contribution in [-0.2, 0) is 6.54 Å². The summed E-state index contributed by atoms with van der Waals surface area (Å²) in [6, 6.07) is 11.5. The lowest BCUT2D eigenvalue weighted by Gasteiger charge is -2.08. The fraction of sp³-hybridized carbons (Fsp3) is 0.286. The Labute approximate surface area is 106 Å². The monoisotopic (exact) mass is 243 g/mol. The van der Waals surface area contributed by atoms with Gasteiger partial charge in [-0.3, -0.25) is 4.79 Å². The van der Waals surface area contributed by atoms with E-state index in [0.29, 0.717) is 18.4 Å². The molecule has 0 saturated carbocycles. The van der Waals surface area contributed by atoms with E-state index in [0.717, 1.165) is 11.3 Å². The average Bonchev–Trinajstić information content (AvgIpc) is 2.37. The number of rotatable bonds is 4. The largest absolute Gasteiger partial charge is 0.309 e. The van der Waals surface area contributed by atoms with Crippen molar-refractivity contribution in [1.82, 2.24) is 15.3 Å². The van der Waals surface area contributed by atoms with Crippen LogP contribution in [0.2, 0.25) is 0 Å². The molecule has 0 unspecified atom stereocenters. The standard InChI is InChI=1S/C14H17N3O/c1-10(2)15-9-12-8-13(18)17-14(16-12)11-6-4-3-5-7-11/h3-8,10,15H,9H2,1-2H3,(H,16,17,18). The molecule has 2 N–H and O–H groups in total. The van der Waals surface area contributed by atoms with Gasteiger partial charge in [-0.25, -0.2) is 4.98 Å². The number of aromatic nitrogens is 2. The number of aromatic amines is 1. The van der Waals surface area contributed by atoms with Crippen LogP contribution in [0, 0.1) is 0 Å². The van der Waals surface area contributed by atoms with E-state index < -0.39 is 0 Å². The minimum absolute atomic E-state index is 0.121. The van der Waals surface area contributed by atoms with Gasteiger partial charge in [-0.1, -0.05) is 44.2 Å². The first-order chi connectivity index (χ1) is 8.65. The van der Waals surface area contributed by atoms with Crippen molar-refractivity contribution >= 4 is 0 Å². The van der Waals surface area contributed by atoms with Gasteiger partial charge in [-0.2, -0.15) is 0 Å². The van der Waals surface area contributed by atoms with Crippen molar-refractivity contribution in [1.29, 1.82) is 0 Å². The van der Waals surface area contributed by atoms with Crippen LogP contribution < -0.4 is 10.9 Å². The molecule has 0 atom stereocenters. The summed E-state index contributed by atoms with van der Waals surface area (Å²) in [5, 5.41) is 3.25. The van der Waals surface area contributed by atoms with E-state index in [2.05, 4.69) is 29.1 Å². The molecule has 0 saturated heterocycles. The lowest BCUT2D eigenvalue weighted by Crippen LogP contribution is -2.24. The predicted molar refractivity (Wildman–Crippen MR) is 72.3 cm³/mol. The van der Waals surface area contributed by atoms with Gasteiger partial charge in [0, 0.05) is 24.2 Å². The highest BCUT2D eigenvalue weighted by molar-refractivity contribution is 5.54. The zero-order chi connectivity index (χ0) is 13.0. The highest BCUT2D eigenvalue weighted by Crippen LogP contribution is 2.12. The number of benzene rings is 1. The SMILES string of the molecule is CC(C)NCc1cc(=O)[nH]c(-c2ccccc2)n1. The lowest BCUT2D eigenvalue weighted by atomic mass is 10.2. The van der Waals surface area contributed by atoms with Crippen molar-refractivity contribution in [2.24, 2.45) is 0 Å². The molecule has 2 aromatic rings. The number of H-pyrrole nitrogens is 1. The molecule has 0 aliphatic heterocycles. The van der Waals surface area contributed by atoms with Gasteiger partial charge >= 0.3 is 0 Å². The molecule has 4 heteroatoms. The average molecular weight is 243 g/mol. The van der Waals surface area contributed by atoms with E-state index >= 15 is 0 Å². The number of hydrogen-bond donors (Lipinski definition) is 2. The van der Waals surface area contributed by atoms with E-state index in [-0.39, 0.29) is 5.56 Å². The Balaban J connectivity index is 2.30. The minimum atomic E-state index is -0.121. The maximum absolute atomic E-state index is 11.6. The molecule has 1 heterocycles. The molecule has 1 aromatic heterocycles. The predicted octanol–water partition coefficient (Wildman–Crippen LogP) is 1.93. The second kappa shape index (κ2) is 5.60. The Morgan fingerprint density at radius 2 is 2.00 bits per heavy atom. The fourth-order valence-corrected chi connectivity index (χ4v) is 1.64. The summed E-state index contributed by atoms with van der Waals surface area (Å²) in [5.41, 5.74) is 1.55. The molecule has 18 heavy (non-hydrogen) atoms. The highest BCUT2D eigenvalue weighted by atomic mass is 16.1. The molecule has 0 fully saturated rings. The number of nitrogens with zero attached hydrogens (tertiary/aromatic N) is 1. The molecule has 0 radical (unpaired) electrons. The van der Waals surface area contributed by atoms with Crippen molar-refractivity contribution in [3.05, 3.63) is 52.4 Å². The Hall–Kier alpha value is -1.94. The van der Waals surface area contributed by atoms with Gasteiger partial charge in [0.1, 0.15) is 5.82 Å². The van der Waals surface area contributed by atoms with Gasteiger partial charge < -0.3 is 10.3 Å². The Morgan fingerprint density at radius 3 is 2.67 bits per heavy atom. The summed E-state index contributed by atoms with van der Waals surface area (Å²) in [6.07, 6.45) is 0. The molecule has 0 spiro atoms. The second-order valence-electron chi connectivity index (χ2n) is 4.49. The van der Waals surface area contributed by atoms with E-state index in [9.17, 15) is 4.79 Å². The molecular weight excluding hydrogens is 226 g/mol. The van der Waals surface area contributed by atoms with Crippen LogP contribution in [0.4, 0.5) is 0 Å². The summed E-state index contributed by atoms with van der Waals surface area (Å²) in [6.45, 7) is 4.72. The molecule has 2 rings (SSSR count). The first kappa shape index (κ1) is 12.5. The minimum Gasteiger partial charge on any atom is -0.309 e. The normalized spacial score (nSPS) is 10.8. The molecule has 94 valence electrons. The topological polar surface area (TPSA) is 57.8 Å². The first-order valence-electron chi connectivity index (χ1n) is 6.04. The van der Waals surface area contributed by atoms with E-state index in [1.54, 1.807) is 0 Å². The van der Waals surface area contributed by atoms with Crippen LogP contribution in [-0.4, -0.2) is 16.0 Å². The third kappa shape index (κ3) is 3.28. The number of nitrogens with one attached hydrogen (secondary N) is 2. The van der Waals surface area contributed by atoms with Crippen molar-refractivity contribution in [2.75, 3.05) is 0 Å². The molecule has 1 aromatic carbocycles. The van der Waals surface area contributed by atoms with Crippen molar-refractivity contribution in [2.45, 2.75) is 26.4 Å². The van der Waals surface area contributed by atoms with Gasteiger partial charge in [0.2, 0.25) is 0 Å². The van der Waals surface area contributed by atoms with Gasteiger partial charge in [-0.05, 0) is 0 Å². The molecular formula is C14H17N3O. The van der Waals surface area contributed by atoms with Crippen LogP contribution in [0.3, 0.4) is 0 Å². The van der Waals surface area contributed by atoms with Gasteiger partial charge in [0.25, 0.3) is 5.56 Å². The van der Waals surface area contributed by atoms with Gasteiger partial charge in [0.15, 0.2) is 0 Å². The highest BCUT2D eigenvalue weighted by Gasteiger charge is 2.04. The van der Waals surface area contributed by atoms with Crippen molar-refractivity contribution < 1.29 is 0 Å². The third-order valence-electron chi connectivity index (χ3n) is 2.53. The van der Waals surface area contributed by atoms with Crippen molar-refractivity contribution in [3.63, 3.8) is 0 Å². The molecule has 0 aliphatic rings. The summed E-state index contributed by atoms with van der Waals surface area (Å²) < 4.78 is 0. The Kier molecular flexibility index (Phi) is 3.89. The van der Waals surface area contributed by atoms with Crippen LogP contribution in [0.1, 0.15) is 19.5 Å². The maximum Gasteiger partial charge on any atom is 0.251 e. The Morgan fingerprint density at radius 1 is 1.28 bits per heavy atom. The zero-order valence-electron chi connectivity index (χ0n) is 10.6. The zero-order valence-corrected chi connectivity index (χ0v) is 10.6. The summed E-state index contributed by atoms with van der Waals surface area (Å²) in [7, 11) is 0. The molecule has 0 aliphatic carbocycles. The molecule has 4 nitrogen and oxygen atoms in total. The quantitative estimate of drug-likeness (QED) is 0.862. The third-order valence-corrected chi connectivity index (χ3v) is 2.53. The number of hydrogen-bond acceptors (Lipinski definition) is 3. The first-order valence-corrected chi connectivity index (χ1v) is 6.04. The van der Waals surface area contributed by atoms with E-state index in [4.69, 9.17) is 0 Å². The smallest absolute Gasteiger partial charge is 0.251 e. The molecule has 0 amide bonds. The van der Waals surface area contributed by atoms with Crippen molar-refractivity contribution in [3.8, 4) is 11.4 Å². The van der Waals surface area contributed by atoms with Crippen LogP contribution >= 0.6 is 0 Å². The second-order valence-corrected chi connectivity index (χ2v) is 4.49. The van der Waals surface area contributed by atoms with Gasteiger partial charge in [0.05, 0.1) is 5.69 Å². The lowest BCUT2D eigenvalue weighted by molar-refractivity contribution is 0.580. The molecule has 0 bridgehead atoms. The van der Waals surface area contributed by atoms with E-state index in [1.165, 1.54) is 6.07 Å². The van der Waals surface area contributed by atoms with E-state index in [1.807, 2.05) is 30.3 Å². The van der Waals surface area contributed by atoms with Crippen LogP contribution in [0.15, 0.2) is 41.2 Å². The van der Waals surface area contributed by atoms with Crippen LogP contribution in [0.5, 0.6) is 0 Å². The maximum atomic E-state index is 11.6. The summed E-state index contributed by atoms with van der Waals surface area (Å²) >= 11 is 0.